The molecule has 1 atom stereocenters. The first-order valence-electron chi connectivity index (χ1n) is 2.64. The van der Waals surface area contributed by atoms with E-state index >= 15 is 0 Å². The van der Waals surface area contributed by atoms with E-state index in [1.807, 2.05) is 23.8 Å². The fraction of sp³-hybridized carbons (Fsp3) is 0.333. The number of thiol groups is 1. The van der Waals surface area contributed by atoms with Gasteiger partial charge in [-0.1, -0.05) is 0 Å². The summed E-state index contributed by atoms with van der Waals surface area (Å²) in [6.45, 7) is 1.87. The largest absolute Gasteiger partial charge is 0.313 e. The summed E-state index contributed by atoms with van der Waals surface area (Å²) in [7, 11) is 0. The zero-order chi connectivity index (χ0) is 6.91. The van der Waals surface area contributed by atoms with Crippen molar-refractivity contribution in [3.63, 3.8) is 0 Å². The van der Waals surface area contributed by atoms with E-state index in [2.05, 4.69) is 12.6 Å². The molecule has 0 bridgehead atoms. The highest BCUT2D eigenvalue weighted by Crippen LogP contribution is 2.22. The van der Waals surface area contributed by atoms with E-state index in [-0.39, 0.29) is 0 Å². The average molecular weight is 159 g/mol. The van der Waals surface area contributed by atoms with Gasteiger partial charge in [-0.2, -0.15) is 24.0 Å². The number of rotatable bonds is 1. The van der Waals surface area contributed by atoms with E-state index in [0.29, 0.717) is 0 Å². The predicted molar refractivity (Wildman–Crippen MR) is 44.8 cm³/mol. The van der Waals surface area contributed by atoms with E-state index in [1.54, 1.807) is 11.3 Å². The first-order valence-corrected chi connectivity index (χ1v) is 4.03. The zero-order valence-electron chi connectivity index (χ0n) is 5.16. The summed E-state index contributed by atoms with van der Waals surface area (Å²) in [4.78, 5) is -0.472. The smallest absolute Gasteiger partial charge is 0.0826 e. The highest BCUT2D eigenvalue weighted by molar-refractivity contribution is 7.81. The Morgan fingerprint density at radius 1 is 1.78 bits per heavy atom. The summed E-state index contributed by atoms with van der Waals surface area (Å²) in [6, 6.07) is 1.98. The third-order valence-corrected chi connectivity index (χ3v) is 2.05. The van der Waals surface area contributed by atoms with E-state index in [4.69, 9.17) is 5.73 Å². The van der Waals surface area contributed by atoms with Gasteiger partial charge in [0.15, 0.2) is 0 Å². The second-order valence-electron chi connectivity index (χ2n) is 2.16. The van der Waals surface area contributed by atoms with Crippen molar-refractivity contribution in [3.05, 3.63) is 22.4 Å². The Hall–Kier alpha value is 0.01000. The van der Waals surface area contributed by atoms with Crippen LogP contribution in [0.1, 0.15) is 12.5 Å². The quantitative estimate of drug-likeness (QED) is 0.474. The molecule has 1 aromatic heterocycles. The molecule has 1 heterocycles. The predicted octanol–water partition coefficient (Wildman–Crippen LogP) is 1.81. The maximum atomic E-state index is 5.67. The Balaban J connectivity index is 2.90. The van der Waals surface area contributed by atoms with Crippen molar-refractivity contribution in [2.75, 3.05) is 0 Å². The topological polar surface area (TPSA) is 26.0 Å². The first kappa shape index (κ1) is 7.12. The minimum Gasteiger partial charge on any atom is -0.313 e. The van der Waals surface area contributed by atoms with Gasteiger partial charge in [0, 0.05) is 0 Å². The van der Waals surface area contributed by atoms with Crippen molar-refractivity contribution in [2.45, 2.75) is 11.8 Å². The Labute approximate surface area is 64.3 Å². The van der Waals surface area contributed by atoms with Gasteiger partial charge in [-0.05, 0) is 29.3 Å². The molecule has 3 heteroatoms. The fourth-order valence-electron chi connectivity index (χ4n) is 0.552. The van der Waals surface area contributed by atoms with Gasteiger partial charge in [-0.25, -0.2) is 0 Å². The SMILES string of the molecule is CC(N)(S)c1ccsc1. The van der Waals surface area contributed by atoms with Gasteiger partial charge in [0.1, 0.15) is 0 Å². The van der Waals surface area contributed by atoms with E-state index in [1.165, 1.54) is 0 Å². The summed E-state index contributed by atoms with van der Waals surface area (Å²) in [5, 5.41) is 4.00. The third kappa shape index (κ3) is 1.71. The van der Waals surface area contributed by atoms with Crippen molar-refractivity contribution in [3.8, 4) is 0 Å². The molecule has 0 aromatic carbocycles. The minimum atomic E-state index is -0.472. The molecule has 1 unspecified atom stereocenters. The molecule has 0 aliphatic heterocycles. The number of nitrogens with two attached hydrogens (primary N) is 1. The van der Waals surface area contributed by atoms with Crippen LogP contribution in [-0.4, -0.2) is 0 Å². The van der Waals surface area contributed by atoms with E-state index in [0.717, 1.165) is 5.56 Å². The molecule has 50 valence electrons. The van der Waals surface area contributed by atoms with E-state index in [9.17, 15) is 0 Å². The third-order valence-electron chi connectivity index (χ3n) is 1.11. The van der Waals surface area contributed by atoms with Crippen LogP contribution in [0.15, 0.2) is 16.8 Å². The van der Waals surface area contributed by atoms with Crippen LogP contribution in [0.5, 0.6) is 0 Å². The molecule has 1 aromatic rings. The monoisotopic (exact) mass is 159 g/mol. The lowest BCUT2D eigenvalue weighted by molar-refractivity contribution is 0.749. The summed E-state index contributed by atoms with van der Waals surface area (Å²) < 4.78 is 0. The van der Waals surface area contributed by atoms with Gasteiger partial charge in [0.25, 0.3) is 0 Å². The maximum Gasteiger partial charge on any atom is 0.0826 e. The highest BCUT2D eigenvalue weighted by Gasteiger charge is 2.14. The van der Waals surface area contributed by atoms with Crippen molar-refractivity contribution >= 4 is 24.0 Å². The average Bonchev–Trinajstić information content (AvgIpc) is 2.08. The summed E-state index contributed by atoms with van der Waals surface area (Å²) in [6.07, 6.45) is 0. The van der Waals surface area contributed by atoms with Crippen LogP contribution < -0.4 is 5.73 Å². The fourth-order valence-corrected chi connectivity index (χ4v) is 1.55. The van der Waals surface area contributed by atoms with Crippen LogP contribution in [0.25, 0.3) is 0 Å². The minimum absolute atomic E-state index is 0.472. The Morgan fingerprint density at radius 2 is 2.44 bits per heavy atom. The zero-order valence-corrected chi connectivity index (χ0v) is 6.88. The molecule has 0 saturated carbocycles. The van der Waals surface area contributed by atoms with Crippen LogP contribution in [0.4, 0.5) is 0 Å². The number of thiophene rings is 1. The molecule has 9 heavy (non-hydrogen) atoms. The van der Waals surface area contributed by atoms with Gasteiger partial charge in [0.05, 0.1) is 4.87 Å². The van der Waals surface area contributed by atoms with Crippen molar-refractivity contribution in [1.29, 1.82) is 0 Å². The molecule has 1 rings (SSSR count). The second-order valence-corrected chi connectivity index (χ2v) is 3.87. The Kier molecular flexibility index (Phi) is 1.84. The highest BCUT2D eigenvalue weighted by atomic mass is 32.1. The molecular weight excluding hydrogens is 150 g/mol. The summed E-state index contributed by atoms with van der Waals surface area (Å²) in [5.41, 5.74) is 6.75. The number of hydrogen-bond donors (Lipinski definition) is 2. The molecular formula is C6H9NS2. The van der Waals surface area contributed by atoms with Crippen LogP contribution in [-0.2, 0) is 4.87 Å². The lowest BCUT2D eigenvalue weighted by Gasteiger charge is -2.14. The van der Waals surface area contributed by atoms with Crippen LogP contribution in [0, 0.1) is 0 Å². The Morgan fingerprint density at radius 3 is 2.67 bits per heavy atom. The van der Waals surface area contributed by atoms with Gasteiger partial charge >= 0.3 is 0 Å². The molecule has 0 radical (unpaired) electrons. The van der Waals surface area contributed by atoms with Gasteiger partial charge < -0.3 is 5.73 Å². The van der Waals surface area contributed by atoms with Crippen LogP contribution in [0.2, 0.25) is 0 Å². The molecule has 0 saturated heterocycles. The molecule has 0 fully saturated rings. The van der Waals surface area contributed by atoms with Gasteiger partial charge in [-0.3, -0.25) is 0 Å². The molecule has 0 spiro atoms. The van der Waals surface area contributed by atoms with Crippen molar-refractivity contribution < 1.29 is 0 Å². The number of hydrogen-bond acceptors (Lipinski definition) is 3. The Bertz CT molecular complexity index is 173. The maximum absolute atomic E-state index is 5.67. The molecule has 0 aliphatic rings. The second kappa shape index (κ2) is 2.33. The van der Waals surface area contributed by atoms with Gasteiger partial charge in [0.2, 0.25) is 0 Å². The van der Waals surface area contributed by atoms with Crippen LogP contribution >= 0.6 is 24.0 Å². The molecule has 1 nitrogen and oxygen atoms in total. The first-order chi connectivity index (χ1) is 4.11. The lowest BCUT2D eigenvalue weighted by Crippen LogP contribution is -2.24. The van der Waals surface area contributed by atoms with E-state index < -0.39 is 4.87 Å². The van der Waals surface area contributed by atoms with Crippen molar-refractivity contribution in [1.82, 2.24) is 0 Å². The molecule has 2 N–H and O–H groups in total. The summed E-state index contributed by atoms with van der Waals surface area (Å²) >= 11 is 5.83. The van der Waals surface area contributed by atoms with Gasteiger partial charge in [-0.15, -0.1) is 0 Å². The molecule has 0 aliphatic carbocycles. The van der Waals surface area contributed by atoms with Crippen LogP contribution in [0.3, 0.4) is 0 Å². The normalized spacial score (nSPS) is 17.2. The molecule has 0 amide bonds. The summed E-state index contributed by atoms with van der Waals surface area (Å²) in [5.74, 6) is 0. The standard InChI is InChI=1S/C6H9NS2/c1-6(7,8)5-2-3-9-4-5/h2-4,8H,7H2,1H3. The van der Waals surface area contributed by atoms with Crippen molar-refractivity contribution in [2.24, 2.45) is 5.73 Å². The lowest BCUT2D eigenvalue weighted by atomic mass is 10.2.